The van der Waals surface area contributed by atoms with Gasteiger partial charge in [-0.1, -0.05) is 60.8 Å². The summed E-state index contributed by atoms with van der Waals surface area (Å²) in [7, 11) is 0. The zero-order valence-corrected chi connectivity index (χ0v) is 15.6. The minimum Gasteiger partial charge on any atom is -0.363 e. The summed E-state index contributed by atoms with van der Waals surface area (Å²) in [6.45, 7) is -0.000415. The minimum absolute atomic E-state index is 0.000415. The van der Waals surface area contributed by atoms with Gasteiger partial charge in [0.1, 0.15) is 12.8 Å². The van der Waals surface area contributed by atoms with Gasteiger partial charge in [0.05, 0.1) is 0 Å². The van der Waals surface area contributed by atoms with Crippen LogP contribution in [0.1, 0.15) is 42.5 Å². The third-order valence-electron chi connectivity index (χ3n) is 5.32. The summed E-state index contributed by atoms with van der Waals surface area (Å²) < 4.78 is 4.76. The molecular formula is C22H23N3O3. The van der Waals surface area contributed by atoms with Crippen molar-refractivity contribution in [1.29, 1.82) is 0 Å². The van der Waals surface area contributed by atoms with Crippen LogP contribution in [-0.2, 0) is 4.79 Å². The van der Waals surface area contributed by atoms with Gasteiger partial charge in [-0.15, -0.1) is 0 Å². The number of benzene rings is 2. The van der Waals surface area contributed by atoms with Gasteiger partial charge >= 0.3 is 0 Å². The molecule has 0 atom stereocenters. The summed E-state index contributed by atoms with van der Waals surface area (Å²) in [5.41, 5.74) is 0.637. The lowest BCUT2D eigenvalue weighted by Gasteiger charge is -2.34. The SMILES string of the molecule is O=C(CN(C(=O)c1cccc2ccccc12)C1CCCCC1)Nc1ccon1. The molecule has 4 rings (SSSR count). The molecule has 2 aromatic carbocycles. The number of amides is 2. The first-order valence-corrected chi connectivity index (χ1v) is 9.71. The van der Waals surface area contributed by atoms with Gasteiger partial charge in [-0.2, -0.15) is 0 Å². The van der Waals surface area contributed by atoms with E-state index < -0.39 is 0 Å². The van der Waals surface area contributed by atoms with Crippen molar-refractivity contribution in [3.63, 3.8) is 0 Å². The molecule has 3 aromatic rings. The normalized spacial score (nSPS) is 14.7. The van der Waals surface area contributed by atoms with Gasteiger partial charge in [0.15, 0.2) is 5.82 Å². The summed E-state index contributed by atoms with van der Waals surface area (Å²) in [6, 6.07) is 15.2. The first kappa shape index (κ1) is 18.2. The lowest BCUT2D eigenvalue weighted by molar-refractivity contribution is -0.117. The highest BCUT2D eigenvalue weighted by molar-refractivity contribution is 6.08. The molecule has 1 aromatic heterocycles. The van der Waals surface area contributed by atoms with Crippen LogP contribution in [0.3, 0.4) is 0 Å². The number of fused-ring (bicyclic) bond motifs is 1. The van der Waals surface area contributed by atoms with Crippen LogP contribution in [0.2, 0.25) is 0 Å². The molecule has 0 bridgehead atoms. The van der Waals surface area contributed by atoms with Crippen molar-refractivity contribution in [2.24, 2.45) is 0 Å². The lowest BCUT2D eigenvalue weighted by Crippen LogP contribution is -2.45. The van der Waals surface area contributed by atoms with Gasteiger partial charge in [0, 0.05) is 17.7 Å². The second-order valence-corrected chi connectivity index (χ2v) is 7.18. The van der Waals surface area contributed by atoms with Crippen molar-refractivity contribution in [2.45, 2.75) is 38.1 Å². The fraction of sp³-hybridized carbons (Fsp3) is 0.318. The van der Waals surface area contributed by atoms with E-state index in [4.69, 9.17) is 4.52 Å². The molecular weight excluding hydrogens is 354 g/mol. The molecule has 6 heteroatoms. The Balaban J connectivity index is 1.62. The standard InChI is InChI=1S/C22H23N3O3/c26-21(23-20-13-14-28-24-20)15-25(17-9-2-1-3-10-17)22(27)19-12-6-8-16-7-4-5-11-18(16)19/h4-8,11-14,17H,1-3,9-10,15H2,(H,23,24,26). The first-order chi connectivity index (χ1) is 13.7. The fourth-order valence-corrected chi connectivity index (χ4v) is 3.94. The van der Waals surface area contributed by atoms with Gasteiger partial charge in [-0.05, 0) is 29.7 Å². The van der Waals surface area contributed by atoms with Crippen LogP contribution in [0.4, 0.5) is 5.82 Å². The maximum Gasteiger partial charge on any atom is 0.255 e. The third-order valence-corrected chi connectivity index (χ3v) is 5.32. The Bertz CT molecular complexity index is 957. The Kier molecular flexibility index (Phi) is 5.37. The van der Waals surface area contributed by atoms with Crippen LogP contribution in [0.5, 0.6) is 0 Å². The minimum atomic E-state index is -0.270. The van der Waals surface area contributed by atoms with Crippen molar-refractivity contribution in [1.82, 2.24) is 10.1 Å². The zero-order valence-electron chi connectivity index (χ0n) is 15.6. The molecule has 144 valence electrons. The summed E-state index contributed by atoms with van der Waals surface area (Å²) in [5.74, 6) is -0.0155. The molecule has 6 nitrogen and oxygen atoms in total. The number of nitrogens with zero attached hydrogens (tertiary/aromatic N) is 2. The van der Waals surface area contributed by atoms with Crippen LogP contribution in [-0.4, -0.2) is 34.5 Å². The molecule has 0 spiro atoms. The molecule has 0 aliphatic heterocycles. The lowest BCUT2D eigenvalue weighted by atomic mass is 9.93. The number of nitrogens with one attached hydrogen (secondary N) is 1. The van der Waals surface area contributed by atoms with E-state index in [1.165, 1.54) is 12.7 Å². The Morgan fingerprint density at radius 2 is 1.82 bits per heavy atom. The van der Waals surface area contributed by atoms with E-state index in [0.29, 0.717) is 11.4 Å². The number of carbonyl (C=O) groups is 2. The van der Waals surface area contributed by atoms with Gasteiger partial charge in [-0.25, -0.2) is 0 Å². The largest absolute Gasteiger partial charge is 0.363 e. The smallest absolute Gasteiger partial charge is 0.255 e. The van der Waals surface area contributed by atoms with Crippen molar-refractivity contribution in [3.05, 3.63) is 60.4 Å². The average molecular weight is 377 g/mol. The quantitative estimate of drug-likeness (QED) is 0.721. The molecule has 0 radical (unpaired) electrons. The van der Waals surface area contributed by atoms with Crippen molar-refractivity contribution in [3.8, 4) is 0 Å². The van der Waals surface area contributed by atoms with E-state index in [1.807, 2.05) is 42.5 Å². The molecule has 0 saturated heterocycles. The number of aromatic nitrogens is 1. The number of rotatable bonds is 5. The summed E-state index contributed by atoms with van der Waals surface area (Å²) in [5, 5.41) is 8.33. The highest BCUT2D eigenvalue weighted by Crippen LogP contribution is 2.26. The molecule has 28 heavy (non-hydrogen) atoms. The monoisotopic (exact) mass is 377 g/mol. The number of hydrogen-bond acceptors (Lipinski definition) is 4. The van der Waals surface area contributed by atoms with E-state index in [0.717, 1.165) is 36.5 Å². The van der Waals surface area contributed by atoms with Crippen molar-refractivity contribution in [2.75, 3.05) is 11.9 Å². The van der Waals surface area contributed by atoms with E-state index in [1.54, 1.807) is 11.0 Å². The maximum absolute atomic E-state index is 13.5. The average Bonchev–Trinajstić information content (AvgIpc) is 3.24. The number of anilines is 1. The van der Waals surface area contributed by atoms with E-state index in [9.17, 15) is 9.59 Å². The predicted octanol–water partition coefficient (Wildman–Crippen LogP) is 4.24. The van der Waals surface area contributed by atoms with E-state index >= 15 is 0 Å². The number of hydrogen-bond donors (Lipinski definition) is 1. The number of carbonyl (C=O) groups excluding carboxylic acids is 2. The molecule has 1 N–H and O–H groups in total. The molecule has 1 fully saturated rings. The van der Waals surface area contributed by atoms with Gasteiger partial charge in [0.25, 0.3) is 5.91 Å². The Morgan fingerprint density at radius 1 is 1.04 bits per heavy atom. The Morgan fingerprint density at radius 3 is 2.61 bits per heavy atom. The topological polar surface area (TPSA) is 75.4 Å². The van der Waals surface area contributed by atoms with Crippen molar-refractivity contribution >= 4 is 28.4 Å². The maximum atomic E-state index is 13.5. The van der Waals surface area contributed by atoms with Gasteiger partial charge in [0.2, 0.25) is 5.91 Å². The zero-order chi connectivity index (χ0) is 19.3. The Hall–Kier alpha value is -3.15. The van der Waals surface area contributed by atoms with Crippen LogP contribution in [0, 0.1) is 0 Å². The van der Waals surface area contributed by atoms with E-state index in [2.05, 4.69) is 10.5 Å². The first-order valence-electron chi connectivity index (χ1n) is 9.71. The Labute approximate surface area is 163 Å². The van der Waals surface area contributed by atoms with Gasteiger partial charge in [-0.3, -0.25) is 9.59 Å². The molecule has 2 amide bonds. The molecule has 0 unspecified atom stereocenters. The van der Waals surface area contributed by atoms with E-state index in [-0.39, 0.29) is 24.4 Å². The highest BCUT2D eigenvalue weighted by atomic mass is 16.5. The van der Waals surface area contributed by atoms with Gasteiger partial charge < -0.3 is 14.7 Å². The second kappa shape index (κ2) is 8.25. The van der Waals surface area contributed by atoms with Crippen molar-refractivity contribution < 1.29 is 14.1 Å². The molecule has 1 saturated carbocycles. The summed E-state index contributed by atoms with van der Waals surface area (Å²) in [4.78, 5) is 27.8. The highest BCUT2D eigenvalue weighted by Gasteiger charge is 2.29. The van der Waals surface area contributed by atoms with Crippen LogP contribution in [0.15, 0.2) is 59.3 Å². The fourth-order valence-electron chi connectivity index (χ4n) is 3.94. The summed E-state index contributed by atoms with van der Waals surface area (Å²) >= 11 is 0. The van der Waals surface area contributed by atoms with Crippen LogP contribution < -0.4 is 5.32 Å². The molecule has 1 aliphatic rings. The van der Waals surface area contributed by atoms with Crippen LogP contribution >= 0.6 is 0 Å². The molecule has 1 heterocycles. The summed E-state index contributed by atoms with van der Waals surface area (Å²) in [6.07, 6.45) is 6.58. The predicted molar refractivity (Wildman–Crippen MR) is 107 cm³/mol. The molecule has 1 aliphatic carbocycles. The third kappa shape index (κ3) is 3.91. The second-order valence-electron chi connectivity index (χ2n) is 7.18. The van der Waals surface area contributed by atoms with Crippen LogP contribution in [0.25, 0.3) is 10.8 Å².